The van der Waals surface area contributed by atoms with Gasteiger partial charge in [-0.2, -0.15) is 0 Å². The van der Waals surface area contributed by atoms with E-state index >= 15 is 0 Å². The minimum atomic E-state index is -0.238. The fourth-order valence-electron chi connectivity index (χ4n) is 0.339. The molecule has 2 unspecified atom stereocenters. The summed E-state index contributed by atoms with van der Waals surface area (Å²) in [6.45, 7) is 1.97. The van der Waals surface area contributed by atoms with Gasteiger partial charge in [0.2, 0.25) is 0 Å². The number of thiol groups is 1. The third-order valence-corrected chi connectivity index (χ3v) is 1.00. The van der Waals surface area contributed by atoms with Crippen LogP contribution in [-0.2, 0) is 0 Å². The molecule has 0 saturated carbocycles. The summed E-state index contributed by atoms with van der Waals surface area (Å²) < 4.78 is 0. The van der Waals surface area contributed by atoms with Crippen LogP contribution in [0.2, 0.25) is 0 Å². The van der Waals surface area contributed by atoms with Crippen molar-refractivity contribution in [3.63, 3.8) is 0 Å². The van der Waals surface area contributed by atoms with Crippen LogP contribution < -0.4 is 16.4 Å². The number of hydrogen-bond donors (Lipinski definition) is 4. The van der Waals surface area contributed by atoms with Crippen molar-refractivity contribution in [1.82, 2.24) is 10.6 Å². The van der Waals surface area contributed by atoms with Crippen LogP contribution in [0.5, 0.6) is 0 Å². The third-order valence-electron chi connectivity index (χ3n) is 0.854. The molecule has 0 aliphatic heterocycles. The Labute approximate surface area is 55.4 Å². The zero-order valence-corrected chi connectivity index (χ0v) is 6.07. The van der Waals surface area contributed by atoms with Crippen LogP contribution in [0.4, 0.5) is 0 Å². The lowest BCUT2D eigenvalue weighted by molar-refractivity contribution is 0.482. The van der Waals surface area contributed by atoms with Gasteiger partial charge in [0.1, 0.15) is 5.50 Å². The van der Waals surface area contributed by atoms with Crippen LogP contribution in [0.3, 0.4) is 0 Å². The van der Waals surface area contributed by atoms with Crippen LogP contribution in [0, 0.1) is 0 Å². The monoisotopic (exact) mass is 135 g/mol. The SMILES string of the molecule is CNC(C)NC(N)S. The number of nitrogens with one attached hydrogen (secondary N) is 2. The Morgan fingerprint density at radius 1 is 1.62 bits per heavy atom. The Balaban J connectivity index is 3.10. The maximum atomic E-state index is 5.28. The predicted octanol–water partition coefficient (Wildman–Crippen LogP) is -0.686. The molecule has 0 aliphatic rings. The number of nitrogens with two attached hydrogens (primary N) is 1. The maximum absolute atomic E-state index is 5.28. The summed E-state index contributed by atoms with van der Waals surface area (Å²) in [7, 11) is 1.85. The zero-order valence-electron chi connectivity index (χ0n) is 5.18. The minimum absolute atomic E-state index is 0.225. The van der Waals surface area contributed by atoms with E-state index in [-0.39, 0.29) is 11.7 Å². The van der Waals surface area contributed by atoms with Gasteiger partial charge >= 0.3 is 0 Å². The lowest BCUT2D eigenvalue weighted by Gasteiger charge is -2.14. The first-order valence-corrected chi connectivity index (χ1v) is 3.05. The molecule has 0 amide bonds. The first-order chi connectivity index (χ1) is 3.66. The first-order valence-electron chi connectivity index (χ1n) is 2.53. The van der Waals surface area contributed by atoms with E-state index in [1.807, 2.05) is 14.0 Å². The molecule has 0 bridgehead atoms. The van der Waals surface area contributed by atoms with Crippen LogP contribution in [0.15, 0.2) is 0 Å². The Bertz CT molecular complexity index is 57.2. The van der Waals surface area contributed by atoms with Gasteiger partial charge in [0.25, 0.3) is 0 Å². The number of rotatable bonds is 3. The largest absolute Gasteiger partial charge is 0.307 e. The van der Waals surface area contributed by atoms with Crippen molar-refractivity contribution in [3.8, 4) is 0 Å². The van der Waals surface area contributed by atoms with Crippen molar-refractivity contribution < 1.29 is 0 Å². The Hall–Kier alpha value is 0.230. The summed E-state index contributed by atoms with van der Waals surface area (Å²) in [5.41, 5.74) is 5.04. The molecule has 50 valence electrons. The highest BCUT2D eigenvalue weighted by Gasteiger charge is 1.97. The van der Waals surface area contributed by atoms with Crippen molar-refractivity contribution >= 4 is 12.6 Å². The average Bonchev–Trinajstić information content (AvgIpc) is 1.65. The van der Waals surface area contributed by atoms with E-state index < -0.39 is 0 Å². The third kappa shape index (κ3) is 4.39. The van der Waals surface area contributed by atoms with Gasteiger partial charge in [-0.25, -0.2) is 0 Å². The van der Waals surface area contributed by atoms with Gasteiger partial charge in [-0.1, -0.05) is 0 Å². The van der Waals surface area contributed by atoms with Gasteiger partial charge in [0.15, 0.2) is 0 Å². The van der Waals surface area contributed by atoms with Gasteiger partial charge in [0.05, 0.1) is 6.17 Å². The summed E-state index contributed by atoms with van der Waals surface area (Å²) in [6.07, 6.45) is 0.225. The number of hydrogen-bond acceptors (Lipinski definition) is 4. The molecule has 0 aliphatic carbocycles. The normalized spacial score (nSPS) is 18.0. The van der Waals surface area contributed by atoms with Crippen molar-refractivity contribution in [3.05, 3.63) is 0 Å². The molecular weight excluding hydrogens is 122 g/mol. The summed E-state index contributed by atoms with van der Waals surface area (Å²) in [4.78, 5) is 0. The molecule has 0 spiro atoms. The Morgan fingerprint density at radius 2 is 2.12 bits per heavy atom. The molecule has 0 heterocycles. The zero-order chi connectivity index (χ0) is 6.57. The second-order valence-corrected chi connectivity index (χ2v) is 2.18. The molecule has 3 nitrogen and oxygen atoms in total. The van der Waals surface area contributed by atoms with Crippen LogP contribution in [0.1, 0.15) is 6.92 Å². The van der Waals surface area contributed by atoms with E-state index in [0.717, 1.165) is 0 Å². The molecular formula is C4H13N3S. The van der Waals surface area contributed by atoms with Crippen LogP contribution >= 0.6 is 12.6 Å². The van der Waals surface area contributed by atoms with Crippen molar-refractivity contribution in [1.29, 1.82) is 0 Å². The molecule has 0 radical (unpaired) electrons. The molecule has 0 aromatic heterocycles. The fraction of sp³-hybridized carbons (Fsp3) is 1.00. The lowest BCUT2D eigenvalue weighted by Crippen LogP contribution is -2.45. The predicted molar refractivity (Wildman–Crippen MR) is 38.6 cm³/mol. The second kappa shape index (κ2) is 4.14. The topological polar surface area (TPSA) is 50.1 Å². The van der Waals surface area contributed by atoms with E-state index in [1.54, 1.807) is 0 Å². The van der Waals surface area contributed by atoms with E-state index in [1.165, 1.54) is 0 Å². The Kier molecular flexibility index (Phi) is 4.26. The molecule has 4 heteroatoms. The van der Waals surface area contributed by atoms with Gasteiger partial charge in [0, 0.05) is 0 Å². The standard InChI is InChI=1S/C4H13N3S/c1-3(6-2)7-4(5)8/h3-4,6-8H,5H2,1-2H3. The van der Waals surface area contributed by atoms with Gasteiger partial charge < -0.3 is 11.1 Å². The van der Waals surface area contributed by atoms with E-state index in [0.29, 0.717) is 0 Å². The average molecular weight is 135 g/mol. The van der Waals surface area contributed by atoms with Crippen molar-refractivity contribution in [2.24, 2.45) is 5.73 Å². The lowest BCUT2D eigenvalue weighted by atomic mass is 10.6. The quantitative estimate of drug-likeness (QED) is 0.306. The van der Waals surface area contributed by atoms with Crippen LogP contribution in [0.25, 0.3) is 0 Å². The van der Waals surface area contributed by atoms with E-state index in [4.69, 9.17) is 5.73 Å². The molecule has 0 fully saturated rings. The summed E-state index contributed by atoms with van der Waals surface area (Å²) in [6, 6.07) is 0. The molecule has 2 atom stereocenters. The second-order valence-electron chi connectivity index (χ2n) is 1.62. The van der Waals surface area contributed by atoms with Crippen molar-refractivity contribution in [2.45, 2.75) is 18.6 Å². The molecule has 4 N–H and O–H groups in total. The fourth-order valence-corrected chi connectivity index (χ4v) is 0.563. The molecule has 0 aromatic rings. The maximum Gasteiger partial charge on any atom is 0.101 e. The minimum Gasteiger partial charge on any atom is -0.307 e. The first kappa shape index (κ1) is 8.23. The summed E-state index contributed by atoms with van der Waals surface area (Å²) in [5.74, 6) is 0. The van der Waals surface area contributed by atoms with Gasteiger partial charge in [-0.15, -0.1) is 12.6 Å². The van der Waals surface area contributed by atoms with Gasteiger partial charge in [-0.05, 0) is 14.0 Å². The van der Waals surface area contributed by atoms with Crippen LogP contribution in [-0.4, -0.2) is 18.7 Å². The smallest absolute Gasteiger partial charge is 0.101 e. The molecule has 8 heavy (non-hydrogen) atoms. The van der Waals surface area contributed by atoms with Crippen molar-refractivity contribution in [2.75, 3.05) is 7.05 Å². The highest BCUT2D eigenvalue weighted by molar-refractivity contribution is 7.80. The molecule has 0 aromatic carbocycles. The highest BCUT2D eigenvalue weighted by atomic mass is 32.1. The van der Waals surface area contributed by atoms with E-state index in [9.17, 15) is 0 Å². The molecule has 0 saturated heterocycles. The van der Waals surface area contributed by atoms with E-state index in [2.05, 4.69) is 23.3 Å². The Morgan fingerprint density at radius 3 is 2.25 bits per heavy atom. The van der Waals surface area contributed by atoms with Gasteiger partial charge in [-0.3, -0.25) is 5.32 Å². The summed E-state index contributed by atoms with van der Waals surface area (Å²) >= 11 is 3.92. The highest BCUT2D eigenvalue weighted by Crippen LogP contribution is 1.78. The molecule has 0 rings (SSSR count). The summed E-state index contributed by atoms with van der Waals surface area (Å²) in [5, 5.41) is 5.88.